The molecule has 2 aliphatic heterocycles. The van der Waals surface area contributed by atoms with Crippen molar-refractivity contribution >= 4 is 11.8 Å². The van der Waals surface area contributed by atoms with Gasteiger partial charge in [-0.15, -0.1) is 0 Å². The Morgan fingerprint density at radius 3 is 2.76 bits per heavy atom. The van der Waals surface area contributed by atoms with E-state index in [-0.39, 0.29) is 36.0 Å². The normalized spacial score (nSPS) is 33.5. The molecule has 0 radical (unpaired) electrons. The Morgan fingerprint density at radius 2 is 2.12 bits per heavy atom. The Labute approximate surface area is 101 Å². The summed E-state index contributed by atoms with van der Waals surface area (Å²) in [6, 6.07) is -0.248. The predicted octanol–water partition coefficient (Wildman–Crippen LogP) is 0.291. The van der Waals surface area contributed by atoms with E-state index in [0.717, 1.165) is 12.8 Å². The number of ether oxygens (including phenoxy) is 1. The van der Waals surface area contributed by atoms with Crippen molar-refractivity contribution in [3.05, 3.63) is 0 Å². The first-order valence-electron chi connectivity index (χ1n) is 6.13. The van der Waals surface area contributed by atoms with Crippen LogP contribution < -0.4 is 5.32 Å². The fourth-order valence-corrected chi connectivity index (χ4v) is 2.70. The summed E-state index contributed by atoms with van der Waals surface area (Å²) in [4.78, 5) is 25.3. The van der Waals surface area contributed by atoms with Crippen molar-refractivity contribution in [3.8, 4) is 0 Å². The van der Waals surface area contributed by atoms with Crippen LogP contribution in [-0.2, 0) is 14.3 Å². The standard InChI is InChI=1S/C12H20N2O3/c1-8-11(16)13-7-10(15)14(8)9-4-5-17-12(2,3)6-9/h8-9H,4-7H2,1-3H3,(H,13,16). The third-order valence-electron chi connectivity index (χ3n) is 3.56. The molecule has 2 heterocycles. The van der Waals surface area contributed by atoms with Gasteiger partial charge in [-0.1, -0.05) is 0 Å². The fourth-order valence-electron chi connectivity index (χ4n) is 2.70. The van der Waals surface area contributed by atoms with Gasteiger partial charge in [0.15, 0.2) is 0 Å². The van der Waals surface area contributed by atoms with E-state index >= 15 is 0 Å². The van der Waals surface area contributed by atoms with Gasteiger partial charge in [0.1, 0.15) is 6.04 Å². The van der Waals surface area contributed by atoms with Crippen LogP contribution in [0.2, 0.25) is 0 Å². The summed E-state index contributed by atoms with van der Waals surface area (Å²) in [5, 5.41) is 2.61. The van der Waals surface area contributed by atoms with Gasteiger partial charge in [0.05, 0.1) is 12.1 Å². The molecule has 2 rings (SSSR count). The first kappa shape index (κ1) is 12.4. The van der Waals surface area contributed by atoms with Crippen molar-refractivity contribution in [2.45, 2.75) is 51.3 Å². The molecule has 2 saturated heterocycles. The van der Waals surface area contributed by atoms with E-state index in [9.17, 15) is 9.59 Å². The molecule has 1 N–H and O–H groups in total. The Balaban J connectivity index is 2.14. The van der Waals surface area contributed by atoms with Crippen LogP contribution in [0.5, 0.6) is 0 Å². The monoisotopic (exact) mass is 240 g/mol. The molecule has 0 aromatic heterocycles. The highest BCUT2D eigenvalue weighted by molar-refractivity contribution is 5.94. The van der Waals surface area contributed by atoms with Crippen LogP contribution in [0.15, 0.2) is 0 Å². The largest absolute Gasteiger partial charge is 0.375 e. The van der Waals surface area contributed by atoms with E-state index < -0.39 is 0 Å². The van der Waals surface area contributed by atoms with E-state index in [4.69, 9.17) is 4.74 Å². The minimum Gasteiger partial charge on any atom is -0.375 e. The van der Waals surface area contributed by atoms with Crippen LogP contribution in [0.3, 0.4) is 0 Å². The molecule has 96 valence electrons. The van der Waals surface area contributed by atoms with Gasteiger partial charge in [0, 0.05) is 12.6 Å². The van der Waals surface area contributed by atoms with Crippen molar-refractivity contribution in [3.63, 3.8) is 0 Å². The molecule has 5 heteroatoms. The van der Waals surface area contributed by atoms with Crippen molar-refractivity contribution in [2.24, 2.45) is 0 Å². The number of piperazine rings is 1. The van der Waals surface area contributed by atoms with Crippen LogP contribution in [0.25, 0.3) is 0 Å². The molecule has 2 atom stereocenters. The maximum Gasteiger partial charge on any atom is 0.242 e. The lowest BCUT2D eigenvalue weighted by Gasteiger charge is -2.44. The molecule has 2 aliphatic rings. The Hall–Kier alpha value is -1.10. The number of hydrogen-bond donors (Lipinski definition) is 1. The molecule has 0 spiro atoms. The Kier molecular flexibility index (Phi) is 3.12. The highest BCUT2D eigenvalue weighted by atomic mass is 16.5. The first-order chi connectivity index (χ1) is 7.91. The molecular weight excluding hydrogens is 220 g/mol. The van der Waals surface area contributed by atoms with E-state index in [2.05, 4.69) is 5.32 Å². The van der Waals surface area contributed by atoms with Crippen LogP contribution in [0.1, 0.15) is 33.6 Å². The van der Waals surface area contributed by atoms with Crippen molar-refractivity contribution in [2.75, 3.05) is 13.2 Å². The van der Waals surface area contributed by atoms with E-state index in [0.29, 0.717) is 6.61 Å². The van der Waals surface area contributed by atoms with E-state index in [1.165, 1.54) is 0 Å². The SMILES string of the molecule is CC1C(=O)NCC(=O)N1C1CCOC(C)(C)C1. The molecule has 0 bridgehead atoms. The van der Waals surface area contributed by atoms with Crippen LogP contribution >= 0.6 is 0 Å². The topological polar surface area (TPSA) is 58.6 Å². The van der Waals surface area contributed by atoms with Crippen LogP contribution in [0, 0.1) is 0 Å². The molecule has 2 amide bonds. The van der Waals surface area contributed by atoms with Crippen LogP contribution in [0.4, 0.5) is 0 Å². The predicted molar refractivity (Wildman–Crippen MR) is 62.4 cm³/mol. The lowest BCUT2D eigenvalue weighted by atomic mass is 9.91. The molecule has 0 aromatic rings. The van der Waals surface area contributed by atoms with Gasteiger partial charge in [0.2, 0.25) is 11.8 Å². The maximum atomic E-state index is 11.9. The molecule has 0 aliphatic carbocycles. The lowest BCUT2D eigenvalue weighted by Crippen LogP contribution is -2.62. The smallest absolute Gasteiger partial charge is 0.242 e. The fraction of sp³-hybridized carbons (Fsp3) is 0.833. The average Bonchev–Trinajstić information content (AvgIpc) is 2.23. The summed E-state index contributed by atoms with van der Waals surface area (Å²) in [5.41, 5.74) is -0.211. The summed E-state index contributed by atoms with van der Waals surface area (Å²) < 4.78 is 5.65. The molecule has 0 aromatic carbocycles. The summed E-state index contributed by atoms with van der Waals surface area (Å²) >= 11 is 0. The van der Waals surface area contributed by atoms with Gasteiger partial charge in [-0.2, -0.15) is 0 Å². The molecule has 5 nitrogen and oxygen atoms in total. The summed E-state index contributed by atoms with van der Waals surface area (Å²) in [6.45, 7) is 6.61. The van der Waals surface area contributed by atoms with Crippen molar-refractivity contribution in [1.29, 1.82) is 0 Å². The van der Waals surface area contributed by atoms with Gasteiger partial charge in [0.25, 0.3) is 0 Å². The zero-order chi connectivity index (χ0) is 12.6. The number of carbonyl (C=O) groups is 2. The summed E-state index contributed by atoms with van der Waals surface area (Å²) in [7, 11) is 0. The van der Waals surface area contributed by atoms with Gasteiger partial charge >= 0.3 is 0 Å². The third kappa shape index (κ3) is 2.44. The summed E-state index contributed by atoms with van der Waals surface area (Å²) in [6.07, 6.45) is 1.60. The minimum atomic E-state index is -0.366. The number of nitrogens with one attached hydrogen (secondary N) is 1. The third-order valence-corrected chi connectivity index (χ3v) is 3.56. The van der Waals surface area contributed by atoms with E-state index in [1.807, 2.05) is 13.8 Å². The average molecular weight is 240 g/mol. The Morgan fingerprint density at radius 1 is 1.41 bits per heavy atom. The molecule has 0 saturated carbocycles. The number of hydrogen-bond acceptors (Lipinski definition) is 3. The van der Waals surface area contributed by atoms with Gasteiger partial charge in [-0.05, 0) is 33.6 Å². The van der Waals surface area contributed by atoms with Gasteiger partial charge in [-0.25, -0.2) is 0 Å². The molecule has 17 heavy (non-hydrogen) atoms. The first-order valence-corrected chi connectivity index (χ1v) is 6.13. The quantitative estimate of drug-likeness (QED) is 0.716. The minimum absolute atomic E-state index is 0.0137. The zero-order valence-corrected chi connectivity index (χ0v) is 10.7. The Bertz CT molecular complexity index is 341. The lowest BCUT2D eigenvalue weighted by molar-refractivity contribution is -0.154. The van der Waals surface area contributed by atoms with Crippen molar-refractivity contribution in [1.82, 2.24) is 10.2 Å². The number of nitrogens with zero attached hydrogens (tertiary/aromatic N) is 1. The van der Waals surface area contributed by atoms with Gasteiger partial charge < -0.3 is 15.0 Å². The summed E-state index contributed by atoms with van der Waals surface area (Å²) in [5.74, 6) is -0.0475. The number of carbonyl (C=O) groups excluding carboxylic acids is 2. The molecule has 2 unspecified atom stereocenters. The second-order valence-electron chi connectivity index (χ2n) is 5.45. The van der Waals surface area contributed by atoms with E-state index in [1.54, 1.807) is 11.8 Å². The van der Waals surface area contributed by atoms with Crippen molar-refractivity contribution < 1.29 is 14.3 Å². The van der Waals surface area contributed by atoms with Crippen LogP contribution in [-0.4, -0.2) is 47.6 Å². The number of rotatable bonds is 1. The highest BCUT2D eigenvalue weighted by Gasteiger charge is 2.40. The highest BCUT2D eigenvalue weighted by Crippen LogP contribution is 2.29. The number of amides is 2. The zero-order valence-electron chi connectivity index (χ0n) is 10.7. The molecule has 2 fully saturated rings. The molecular formula is C12H20N2O3. The second kappa shape index (κ2) is 4.29. The maximum absolute atomic E-state index is 11.9. The van der Waals surface area contributed by atoms with Gasteiger partial charge in [-0.3, -0.25) is 9.59 Å². The second-order valence-corrected chi connectivity index (χ2v) is 5.45.